The first-order valence-electron chi connectivity index (χ1n) is 12.0. The number of allylic oxidation sites excluding steroid dienone is 1. The van der Waals surface area contributed by atoms with Gasteiger partial charge < -0.3 is 14.8 Å². The summed E-state index contributed by atoms with van der Waals surface area (Å²) in [6.07, 6.45) is 0.158. The van der Waals surface area contributed by atoms with Crippen LogP contribution >= 0.6 is 11.3 Å². The molecule has 40 heavy (non-hydrogen) atoms. The van der Waals surface area contributed by atoms with Crippen LogP contribution in [-0.2, 0) is 12.7 Å². The number of imidazole rings is 1. The number of thiazole rings is 1. The van der Waals surface area contributed by atoms with Crippen LogP contribution in [0, 0.1) is 0 Å². The molecule has 1 N–H and O–H groups in total. The lowest BCUT2D eigenvalue weighted by atomic mass is 10.1. The zero-order valence-electron chi connectivity index (χ0n) is 21.8. The molecule has 6 nitrogen and oxygen atoms in total. The fraction of sp³-hybridized carbons (Fsp3) is 0.214. The molecule has 2 heterocycles. The highest BCUT2D eigenvalue weighted by molar-refractivity contribution is 7.15. The molecule has 2 aromatic carbocycles. The van der Waals surface area contributed by atoms with Crippen molar-refractivity contribution in [3.05, 3.63) is 94.5 Å². The van der Waals surface area contributed by atoms with Crippen molar-refractivity contribution in [2.75, 3.05) is 0 Å². The number of benzene rings is 2. The number of fused-ring (bicyclic) bond motifs is 1. The minimum atomic E-state index is -4.50. The number of carbonyl (C=O) groups is 1. The van der Waals surface area contributed by atoms with E-state index in [0.717, 1.165) is 12.1 Å². The Hall–Kier alpha value is -4.19. The number of nitrogens with zero attached hydrogens (tertiary/aromatic N) is 2. The second-order valence-corrected chi connectivity index (χ2v) is 8.85. The smallest absolute Gasteiger partial charge is 0.416 e. The highest BCUT2D eigenvalue weighted by atomic mass is 32.1. The highest BCUT2D eigenvalue weighted by Gasteiger charge is 2.30. The lowest BCUT2D eigenvalue weighted by Gasteiger charge is -2.14. The quantitative estimate of drug-likeness (QED) is 0.161. The van der Waals surface area contributed by atoms with Crippen LogP contribution in [0.15, 0.2) is 66.4 Å². The van der Waals surface area contributed by atoms with E-state index < -0.39 is 24.3 Å². The molecule has 4 aromatic rings. The van der Waals surface area contributed by atoms with Gasteiger partial charge in [0.1, 0.15) is 5.69 Å². The molecule has 0 atom stereocenters. The maximum absolute atomic E-state index is 13.1. The number of carbonyl (C=O) groups excluding carboxylic acids is 1. The number of amides is 1. The summed E-state index contributed by atoms with van der Waals surface area (Å²) in [6.45, 7) is 5.96. The van der Waals surface area contributed by atoms with E-state index in [0.29, 0.717) is 10.5 Å². The highest BCUT2D eigenvalue weighted by Crippen LogP contribution is 2.35. The number of para-hydroxylation sites is 1. The molecule has 0 aliphatic rings. The standard InChI is InChI=1S/C26H20F5N3O3S.C2H6/c1-15(2)36-22-17(6-4-8-20(22)37-24(27)28)9-10-19-21(34-11-12-38-25(34)33-19)23(35)32-14-16-5-3-7-18(13-16)26(29,30)31;1-2/h3-13,24H,1,14H2,2H3,(H,32,35);1-2H3/b10-9+;. The molecule has 0 spiro atoms. The fourth-order valence-corrected chi connectivity index (χ4v) is 4.29. The van der Waals surface area contributed by atoms with Gasteiger partial charge in [-0.05, 0) is 42.8 Å². The van der Waals surface area contributed by atoms with E-state index in [4.69, 9.17) is 4.74 Å². The number of hydrogen-bond donors (Lipinski definition) is 1. The molecule has 0 unspecified atom stereocenters. The number of hydrogen-bond acceptors (Lipinski definition) is 5. The van der Waals surface area contributed by atoms with E-state index in [9.17, 15) is 26.7 Å². The normalized spacial score (nSPS) is 11.4. The van der Waals surface area contributed by atoms with Crippen LogP contribution in [0.2, 0.25) is 0 Å². The van der Waals surface area contributed by atoms with Crippen molar-refractivity contribution in [1.82, 2.24) is 14.7 Å². The minimum absolute atomic E-state index is 0.00752. The van der Waals surface area contributed by atoms with E-state index in [1.165, 1.54) is 47.8 Å². The van der Waals surface area contributed by atoms with Gasteiger partial charge in [0.15, 0.2) is 16.5 Å². The first-order valence-corrected chi connectivity index (χ1v) is 12.9. The summed E-state index contributed by atoms with van der Waals surface area (Å²) in [5.74, 6) is -0.522. The molecule has 0 fully saturated rings. The molecule has 0 saturated heterocycles. The second kappa shape index (κ2) is 13.2. The predicted molar refractivity (Wildman–Crippen MR) is 144 cm³/mol. The molecular formula is C28H26F5N3O3S. The third kappa shape index (κ3) is 7.47. The van der Waals surface area contributed by atoms with Crippen molar-refractivity contribution in [2.24, 2.45) is 0 Å². The van der Waals surface area contributed by atoms with Gasteiger partial charge in [-0.3, -0.25) is 9.20 Å². The molecule has 0 aliphatic heterocycles. The van der Waals surface area contributed by atoms with Gasteiger partial charge >= 0.3 is 12.8 Å². The summed E-state index contributed by atoms with van der Waals surface area (Å²) in [4.78, 5) is 18.1. The van der Waals surface area contributed by atoms with Gasteiger partial charge in [-0.2, -0.15) is 22.0 Å². The SMILES string of the molecule is C=C(C)Oc1c(/C=C/c2nc3sccn3c2C(=O)NCc2cccc(C(F)(F)F)c2)cccc1OC(F)F.CC. The Balaban J connectivity index is 0.00000216. The molecule has 0 radical (unpaired) electrons. The molecule has 212 valence electrons. The molecule has 1 amide bonds. The van der Waals surface area contributed by atoms with Crippen LogP contribution in [0.5, 0.6) is 11.5 Å². The lowest BCUT2D eigenvalue weighted by Crippen LogP contribution is -2.25. The Labute approximate surface area is 231 Å². The number of halogens is 5. The van der Waals surface area contributed by atoms with Gasteiger partial charge in [-0.15, -0.1) is 11.3 Å². The largest absolute Gasteiger partial charge is 0.458 e. The zero-order chi connectivity index (χ0) is 29.4. The van der Waals surface area contributed by atoms with E-state index in [-0.39, 0.29) is 40.8 Å². The van der Waals surface area contributed by atoms with Crippen molar-refractivity contribution in [1.29, 1.82) is 0 Å². The monoisotopic (exact) mass is 579 g/mol. The average molecular weight is 580 g/mol. The maximum atomic E-state index is 13.1. The second-order valence-electron chi connectivity index (χ2n) is 7.97. The molecule has 0 saturated carbocycles. The first kappa shape index (κ1) is 30.4. The Morgan fingerprint density at radius 1 is 1.18 bits per heavy atom. The molecule has 0 aliphatic carbocycles. The van der Waals surface area contributed by atoms with Crippen LogP contribution in [0.3, 0.4) is 0 Å². The Morgan fingerprint density at radius 2 is 1.90 bits per heavy atom. The van der Waals surface area contributed by atoms with Gasteiger partial charge in [-0.25, -0.2) is 4.98 Å². The van der Waals surface area contributed by atoms with Gasteiger partial charge in [0.05, 0.1) is 17.0 Å². The van der Waals surface area contributed by atoms with Gasteiger partial charge in [0, 0.05) is 23.7 Å². The van der Waals surface area contributed by atoms with E-state index in [1.54, 1.807) is 29.0 Å². The van der Waals surface area contributed by atoms with Gasteiger partial charge in [0.25, 0.3) is 5.91 Å². The lowest BCUT2D eigenvalue weighted by molar-refractivity contribution is -0.137. The average Bonchev–Trinajstić information content (AvgIpc) is 3.49. The van der Waals surface area contributed by atoms with E-state index in [2.05, 4.69) is 21.6 Å². The summed E-state index contributed by atoms with van der Waals surface area (Å²) < 4.78 is 76.5. The van der Waals surface area contributed by atoms with E-state index >= 15 is 0 Å². The molecular weight excluding hydrogens is 553 g/mol. The summed E-state index contributed by atoms with van der Waals surface area (Å²) in [5.41, 5.74) is 0.210. The van der Waals surface area contributed by atoms with Crippen LogP contribution in [-0.4, -0.2) is 21.9 Å². The van der Waals surface area contributed by atoms with Crippen molar-refractivity contribution < 1.29 is 36.2 Å². The van der Waals surface area contributed by atoms with E-state index in [1.807, 2.05) is 13.8 Å². The third-order valence-electron chi connectivity index (χ3n) is 5.13. The van der Waals surface area contributed by atoms with Crippen LogP contribution in [0.1, 0.15) is 53.6 Å². The number of aromatic nitrogens is 2. The number of nitrogens with one attached hydrogen (secondary N) is 1. The Morgan fingerprint density at radius 3 is 2.58 bits per heavy atom. The number of ether oxygens (including phenoxy) is 2. The molecule has 4 rings (SSSR count). The zero-order valence-corrected chi connectivity index (χ0v) is 22.6. The summed E-state index contributed by atoms with van der Waals surface area (Å²) >= 11 is 1.27. The van der Waals surface area contributed by atoms with Crippen LogP contribution in [0.25, 0.3) is 17.1 Å². The summed E-state index contributed by atoms with van der Waals surface area (Å²) in [7, 11) is 0. The summed E-state index contributed by atoms with van der Waals surface area (Å²) in [5, 5.41) is 4.36. The number of alkyl halides is 5. The van der Waals surface area contributed by atoms with Crippen LogP contribution in [0.4, 0.5) is 22.0 Å². The Kier molecular flexibility index (Phi) is 10.1. The van der Waals surface area contributed by atoms with Gasteiger partial charge in [-0.1, -0.05) is 44.7 Å². The van der Waals surface area contributed by atoms with Crippen molar-refractivity contribution in [3.8, 4) is 11.5 Å². The molecule has 2 aromatic heterocycles. The number of rotatable bonds is 9. The topological polar surface area (TPSA) is 64.9 Å². The van der Waals surface area contributed by atoms with Crippen molar-refractivity contribution in [2.45, 2.75) is 40.1 Å². The molecule has 0 bridgehead atoms. The molecule has 12 heteroatoms. The summed E-state index contributed by atoms with van der Waals surface area (Å²) in [6, 6.07) is 9.08. The minimum Gasteiger partial charge on any atom is -0.458 e. The predicted octanol–water partition coefficient (Wildman–Crippen LogP) is 8.06. The van der Waals surface area contributed by atoms with Crippen molar-refractivity contribution in [3.63, 3.8) is 0 Å². The van der Waals surface area contributed by atoms with Crippen molar-refractivity contribution >= 4 is 34.4 Å². The maximum Gasteiger partial charge on any atom is 0.416 e. The fourth-order valence-electron chi connectivity index (χ4n) is 3.57. The Bertz CT molecular complexity index is 1510. The van der Waals surface area contributed by atoms with Crippen LogP contribution < -0.4 is 14.8 Å². The van der Waals surface area contributed by atoms with Gasteiger partial charge in [0.2, 0.25) is 0 Å². The third-order valence-corrected chi connectivity index (χ3v) is 5.89. The first-order chi connectivity index (χ1) is 19.0.